The molecule has 1 N–H and O–H groups in total. The second kappa shape index (κ2) is 11.6. The fourth-order valence-corrected chi connectivity index (χ4v) is 4.71. The molecule has 37 heavy (non-hydrogen) atoms. The molecule has 2 aliphatic rings. The molecule has 1 saturated carbocycles. The normalized spacial score (nSPS) is 17.5. The number of carbonyl (C=O) groups is 3. The number of alkyl halides is 2. The van der Waals surface area contributed by atoms with Crippen LogP contribution in [0.4, 0.5) is 18.4 Å². The van der Waals surface area contributed by atoms with E-state index in [0.29, 0.717) is 23.8 Å². The summed E-state index contributed by atoms with van der Waals surface area (Å²) >= 11 is 0.895. The number of benzene rings is 2. The molecule has 1 aliphatic heterocycles. The number of hydrogen-bond acceptors (Lipinski definition) is 7. The fourth-order valence-electron chi connectivity index (χ4n) is 3.90. The van der Waals surface area contributed by atoms with Gasteiger partial charge in [0.2, 0.25) is 0 Å². The van der Waals surface area contributed by atoms with Gasteiger partial charge in [-0.15, -0.1) is 0 Å². The smallest absolute Gasteiger partial charge is 0.387 e. The third-order valence-electron chi connectivity index (χ3n) is 5.93. The van der Waals surface area contributed by atoms with Gasteiger partial charge < -0.3 is 19.5 Å². The van der Waals surface area contributed by atoms with E-state index in [2.05, 4.69) is 10.1 Å². The van der Waals surface area contributed by atoms with E-state index < -0.39 is 29.9 Å². The molecule has 1 heterocycles. The van der Waals surface area contributed by atoms with Crippen molar-refractivity contribution < 1.29 is 37.4 Å². The van der Waals surface area contributed by atoms with Gasteiger partial charge in [-0.1, -0.05) is 48.2 Å². The fraction of sp³-hybridized carbons (Fsp3) is 0.346. The van der Waals surface area contributed by atoms with Crippen LogP contribution in [0.3, 0.4) is 0 Å². The first kappa shape index (κ1) is 26.5. The monoisotopic (exact) mass is 532 g/mol. The molecule has 11 heteroatoms. The minimum absolute atomic E-state index is 0.0295. The SMILES string of the molecule is COC(=O)C1=C(C)NC(=O)N(C(=O)SCc2ccccc2)C1c1ccc(OC(F)F)c(OCC2CC2)c1. The summed E-state index contributed by atoms with van der Waals surface area (Å²) in [4.78, 5) is 40.1. The maximum absolute atomic E-state index is 13.3. The molecule has 2 aromatic rings. The standard InChI is InChI=1S/C26H26F2N2O6S/c1-15-21(23(31)34-2)22(30(25(32)29-15)26(33)37-14-17-6-4-3-5-7-17)18-10-11-19(36-24(27)28)20(12-18)35-13-16-8-9-16/h3-7,10-12,16,22,24H,8-9,13-14H2,1-2H3,(H,29,32). The second-order valence-corrected chi connectivity index (χ2v) is 9.54. The number of carbonyl (C=O) groups excluding carboxylic acids is 3. The first-order valence-corrected chi connectivity index (χ1v) is 12.6. The summed E-state index contributed by atoms with van der Waals surface area (Å²) < 4.78 is 41.4. The Bertz CT molecular complexity index is 1200. The summed E-state index contributed by atoms with van der Waals surface area (Å²) in [6.45, 7) is -1.24. The van der Waals surface area contributed by atoms with E-state index in [9.17, 15) is 23.2 Å². The van der Waals surface area contributed by atoms with Crippen molar-refractivity contribution in [3.63, 3.8) is 0 Å². The lowest BCUT2D eigenvalue weighted by atomic mass is 9.94. The molecule has 196 valence electrons. The summed E-state index contributed by atoms with van der Waals surface area (Å²) in [5.41, 5.74) is 1.42. The highest BCUT2D eigenvalue weighted by Gasteiger charge is 2.42. The lowest BCUT2D eigenvalue weighted by Crippen LogP contribution is -2.50. The first-order valence-electron chi connectivity index (χ1n) is 11.6. The average Bonchev–Trinajstić information content (AvgIpc) is 3.71. The molecule has 0 spiro atoms. The van der Waals surface area contributed by atoms with Crippen molar-refractivity contribution in [2.45, 2.75) is 38.2 Å². The van der Waals surface area contributed by atoms with Crippen LogP contribution in [0.2, 0.25) is 0 Å². The van der Waals surface area contributed by atoms with Gasteiger partial charge in [-0.25, -0.2) is 14.5 Å². The molecule has 4 rings (SSSR count). The number of nitrogens with zero attached hydrogens (tertiary/aromatic N) is 1. The van der Waals surface area contributed by atoms with Crippen LogP contribution in [0.25, 0.3) is 0 Å². The van der Waals surface area contributed by atoms with Crippen LogP contribution in [0.1, 0.15) is 36.9 Å². The van der Waals surface area contributed by atoms with Gasteiger partial charge in [0, 0.05) is 11.4 Å². The van der Waals surface area contributed by atoms with Gasteiger partial charge in [-0.05, 0) is 48.9 Å². The zero-order chi connectivity index (χ0) is 26.5. The Morgan fingerprint density at radius 1 is 1.14 bits per heavy atom. The quantitative estimate of drug-likeness (QED) is 0.418. The molecule has 8 nitrogen and oxygen atoms in total. The Labute approximate surface area is 216 Å². The van der Waals surface area contributed by atoms with Crippen LogP contribution >= 0.6 is 11.8 Å². The van der Waals surface area contributed by atoms with Crippen LogP contribution in [-0.2, 0) is 15.3 Å². The highest BCUT2D eigenvalue weighted by molar-refractivity contribution is 8.12. The van der Waals surface area contributed by atoms with E-state index in [0.717, 1.165) is 35.1 Å². The molecule has 3 amide bonds. The van der Waals surface area contributed by atoms with E-state index in [1.807, 2.05) is 30.3 Å². The number of methoxy groups -OCH3 is 1. The molecular formula is C26H26F2N2O6S. The molecule has 0 saturated heterocycles. The Morgan fingerprint density at radius 2 is 1.86 bits per heavy atom. The lowest BCUT2D eigenvalue weighted by Gasteiger charge is -2.36. The van der Waals surface area contributed by atoms with Gasteiger partial charge in [0.15, 0.2) is 11.5 Å². The van der Waals surface area contributed by atoms with Crippen molar-refractivity contribution in [1.29, 1.82) is 0 Å². The summed E-state index contributed by atoms with van der Waals surface area (Å²) in [6.07, 6.45) is 1.95. The van der Waals surface area contributed by atoms with Gasteiger partial charge in [0.25, 0.3) is 5.24 Å². The minimum Gasteiger partial charge on any atom is -0.489 e. The number of halogens is 2. The zero-order valence-corrected chi connectivity index (χ0v) is 21.1. The summed E-state index contributed by atoms with van der Waals surface area (Å²) in [5.74, 6) is -0.285. The van der Waals surface area contributed by atoms with Crippen molar-refractivity contribution in [1.82, 2.24) is 10.2 Å². The molecule has 1 fully saturated rings. The van der Waals surface area contributed by atoms with Crippen LogP contribution in [0.5, 0.6) is 11.5 Å². The predicted molar refractivity (Wildman–Crippen MR) is 132 cm³/mol. The van der Waals surface area contributed by atoms with Crippen molar-refractivity contribution in [2.24, 2.45) is 5.92 Å². The Hall–Kier alpha value is -3.60. The van der Waals surface area contributed by atoms with Crippen molar-refractivity contribution in [2.75, 3.05) is 13.7 Å². The lowest BCUT2D eigenvalue weighted by molar-refractivity contribution is -0.136. The van der Waals surface area contributed by atoms with Crippen molar-refractivity contribution in [3.8, 4) is 11.5 Å². The predicted octanol–water partition coefficient (Wildman–Crippen LogP) is 5.64. The second-order valence-electron chi connectivity index (χ2n) is 8.61. The number of esters is 1. The number of thioether (sulfide) groups is 1. The Kier molecular flexibility index (Phi) is 8.32. The summed E-state index contributed by atoms with van der Waals surface area (Å²) in [6, 6.07) is 11.4. The third-order valence-corrected chi connectivity index (χ3v) is 6.85. The van der Waals surface area contributed by atoms with Crippen LogP contribution < -0.4 is 14.8 Å². The van der Waals surface area contributed by atoms with E-state index >= 15 is 0 Å². The molecule has 2 aromatic carbocycles. The van der Waals surface area contributed by atoms with E-state index in [4.69, 9.17) is 9.47 Å². The maximum Gasteiger partial charge on any atom is 0.387 e. The van der Waals surface area contributed by atoms with E-state index in [1.54, 1.807) is 0 Å². The number of ether oxygens (including phenoxy) is 3. The van der Waals surface area contributed by atoms with Crippen molar-refractivity contribution in [3.05, 3.63) is 70.9 Å². The molecule has 0 bridgehead atoms. The van der Waals surface area contributed by atoms with Gasteiger partial charge >= 0.3 is 18.6 Å². The van der Waals surface area contributed by atoms with Crippen LogP contribution in [0.15, 0.2) is 59.8 Å². The van der Waals surface area contributed by atoms with E-state index in [1.165, 1.54) is 32.2 Å². The highest BCUT2D eigenvalue weighted by atomic mass is 32.2. The van der Waals surface area contributed by atoms with Gasteiger partial charge in [-0.3, -0.25) is 4.79 Å². The largest absolute Gasteiger partial charge is 0.489 e. The van der Waals surface area contributed by atoms with Crippen LogP contribution in [-0.4, -0.2) is 42.5 Å². The molecule has 1 atom stereocenters. The summed E-state index contributed by atoms with van der Waals surface area (Å²) in [5, 5.41) is 1.95. The van der Waals surface area contributed by atoms with E-state index in [-0.39, 0.29) is 22.8 Å². The van der Waals surface area contributed by atoms with Gasteiger partial charge in [0.1, 0.15) is 6.04 Å². The topological polar surface area (TPSA) is 94.2 Å². The number of rotatable bonds is 9. The number of urea groups is 1. The van der Waals surface area contributed by atoms with Gasteiger partial charge in [0.05, 0.1) is 19.3 Å². The number of allylic oxidation sites excluding steroid dienone is 1. The highest BCUT2D eigenvalue weighted by Crippen LogP contribution is 2.41. The van der Waals surface area contributed by atoms with Gasteiger partial charge in [-0.2, -0.15) is 8.78 Å². The Morgan fingerprint density at radius 3 is 2.51 bits per heavy atom. The molecule has 1 unspecified atom stereocenters. The molecular weight excluding hydrogens is 506 g/mol. The maximum atomic E-state index is 13.3. The van der Waals surface area contributed by atoms with Crippen LogP contribution in [0, 0.1) is 5.92 Å². The number of nitrogens with one attached hydrogen (secondary N) is 1. The van der Waals surface area contributed by atoms with Crippen molar-refractivity contribution >= 4 is 29.0 Å². The zero-order valence-electron chi connectivity index (χ0n) is 20.2. The third kappa shape index (κ3) is 6.40. The minimum atomic E-state index is -3.07. The number of amides is 3. The molecule has 1 aliphatic carbocycles. The Balaban J connectivity index is 1.72. The first-order chi connectivity index (χ1) is 17.8. The molecule has 0 aromatic heterocycles. The number of imide groups is 1. The number of hydrogen-bond donors (Lipinski definition) is 1. The molecule has 0 radical (unpaired) electrons. The average molecular weight is 533 g/mol. The summed E-state index contributed by atoms with van der Waals surface area (Å²) in [7, 11) is 1.19.